The van der Waals surface area contributed by atoms with Crippen LogP contribution in [-0.4, -0.2) is 61.7 Å². The van der Waals surface area contributed by atoms with Crippen molar-refractivity contribution in [1.82, 2.24) is 15.1 Å². The molecule has 0 spiro atoms. The van der Waals surface area contributed by atoms with Crippen LogP contribution in [-0.2, 0) is 0 Å². The highest BCUT2D eigenvalue weighted by atomic mass is 15.2. The Bertz CT molecular complexity index is 220. The van der Waals surface area contributed by atoms with Gasteiger partial charge in [0.25, 0.3) is 0 Å². The minimum atomic E-state index is 0.623. The smallest absolute Gasteiger partial charge is 0.0223 e. The molecule has 1 N–H and O–H groups in total. The zero-order valence-corrected chi connectivity index (χ0v) is 13.1. The first-order valence-corrected chi connectivity index (χ1v) is 7.74. The van der Waals surface area contributed by atoms with Crippen LogP contribution >= 0.6 is 0 Å². The molecular formula is C15H33N3. The minimum Gasteiger partial charge on any atom is -0.312 e. The molecule has 3 unspecified atom stereocenters. The third-order valence-electron chi connectivity index (χ3n) is 4.50. The lowest BCUT2D eigenvalue weighted by Crippen LogP contribution is -2.54. The fourth-order valence-corrected chi connectivity index (χ4v) is 3.07. The molecular weight excluding hydrogens is 222 g/mol. The van der Waals surface area contributed by atoms with E-state index < -0.39 is 0 Å². The summed E-state index contributed by atoms with van der Waals surface area (Å²) >= 11 is 0. The maximum Gasteiger partial charge on any atom is 0.0223 e. The summed E-state index contributed by atoms with van der Waals surface area (Å²) in [6, 6.07) is 1.98. The first-order chi connectivity index (χ1) is 8.60. The number of hydrogen-bond donors (Lipinski definition) is 1. The molecule has 1 aliphatic rings. The van der Waals surface area contributed by atoms with Gasteiger partial charge in [-0.1, -0.05) is 13.8 Å². The number of nitrogens with one attached hydrogen (secondary N) is 1. The highest BCUT2D eigenvalue weighted by Gasteiger charge is 2.27. The summed E-state index contributed by atoms with van der Waals surface area (Å²) in [6.45, 7) is 10.6. The SMILES string of the molecule is CCCNC(CC)C(C)N(C)C1CCCN(C)C1. The van der Waals surface area contributed by atoms with E-state index >= 15 is 0 Å². The molecule has 1 heterocycles. The predicted molar refractivity (Wildman–Crippen MR) is 80.1 cm³/mol. The second-order valence-electron chi connectivity index (χ2n) is 5.93. The van der Waals surface area contributed by atoms with Crippen molar-refractivity contribution in [3.8, 4) is 0 Å². The van der Waals surface area contributed by atoms with Crippen LogP contribution in [0.5, 0.6) is 0 Å². The number of likely N-dealkylation sites (tertiary alicyclic amines) is 1. The lowest BCUT2D eigenvalue weighted by Gasteiger charge is -2.41. The van der Waals surface area contributed by atoms with Gasteiger partial charge in [-0.05, 0) is 59.8 Å². The second kappa shape index (κ2) is 8.13. The fraction of sp³-hybridized carbons (Fsp3) is 1.00. The Morgan fingerprint density at radius 3 is 2.67 bits per heavy atom. The molecule has 18 heavy (non-hydrogen) atoms. The third kappa shape index (κ3) is 4.52. The topological polar surface area (TPSA) is 18.5 Å². The monoisotopic (exact) mass is 255 g/mol. The summed E-state index contributed by atoms with van der Waals surface area (Å²) in [5, 5.41) is 3.69. The van der Waals surface area contributed by atoms with Gasteiger partial charge in [-0.15, -0.1) is 0 Å². The molecule has 0 saturated carbocycles. The Morgan fingerprint density at radius 2 is 2.11 bits per heavy atom. The van der Waals surface area contributed by atoms with Crippen molar-refractivity contribution >= 4 is 0 Å². The average Bonchev–Trinajstić information content (AvgIpc) is 2.38. The number of hydrogen-bond acceptors (Lipinski definition) is 3. The zero-order valence-electron chi connectivity index (χ0n) is 13.1. The molecule has 1 aliphatic heterocycles. The van der Waals surface area contributed by atoms with Gasteiger partial charge in [-0.25, -0.2) is 0 Å². The van der Waals surface area contributed by atoms with Crippen molar-refractivity contribution in [2.45, 2.75) is 64.6 Å². The van der Waals surface area contributed by atoms with Gasteiger partial charge in [-0.2, -0.15) is 0 Å². The standard InChI is InChI=1S/C15H33N3/c1-6-10-16-15(7-2)13(3)18(5)14-9-8-11-17(4)12-14/h13-16H,6-12H2,1-5H3. The van der Waals surface area contributed by atoms with E-state index in [1.165, 1.54) is 38.8 Å². The molecule has 0 amide bonds. The molecule has 0 aromatic heterocycles. The van der Waals surface area contributed by atoms with Gasteiger partial charge in [0.05, 0.1) is 0 Å². The highest BCUT2D eigenvalue weighted by Crippen LogP contribution is 2.17. The highest BCUT2D eigenvalue weighted by molar-refractivity contribution is 4.85. The van der Waals surface area contributed by atoms with E-state index in [-0.39, 0.29) is 0 Å². The van der Waals surface area contributed by atoms with E-state index in [2.05, 4.69) is 50.0 Å². The Labute approximate surface area is 114 Å². The molecule has 0 aliphatic carbocycles. The molecule has 0 aromatic carbocycles. The van der Waals surface area contributed by atoms with Gasteiger partial charge < -0.3 is 10.2 Å². The molecule has 0 bridgehead atoms. The molecule has 0 aromatic rings. The van der Waals surface area contributed by atoms with E-state index in [0.29, 0.717) is 12.1 Å². The molecule has 1 saturated heterocycles. The zero-order chi connectivity index (χ0) is 13.5. The van der Waals surface area contributed by atoms with Crippen LogP contribution in [0.2, 0.25) is 0 Å². The van der Waals surface area contributed by atoms with Crippen LogP contribution < -0.4 is 5.32 Å². The number of likely N-dealkylation sites (N-methyl/N-ethyl adjacent to an activating group) is 2. The Hall–Kier alpha value is -0.120. The molecule has 3 atom stereocenters. The first kappa shape index (κ1) is 15.9. The van der Waals surface area contributed by atoms with Gasteiger partial charge in [0.2, 0.25) is 0 Å². The summed E-state index contributed by atoms with van der Waals surface area (Å²) in [5.41, 5.74) is 0. The lowest BCUT2D eigenvalue weighted by molar-refractivity contribution is 0.0872. The molecule has 0 radical (unpaired) electrons. The van der Waals surface area contributed by atoms with Gasteiger partial charge in [0.1, 0.15) is 0 Å². The number of nitrogens with zero attached hydrogens (tertiary/aromatic N) is 2. The summed E-state index contributed by atoms with van der Waals surface area (Å²) in [4.78, 5) is 5.07. The average molecular weight is 255 g/mol. The van der Waals surface area contributed by atoms with E-state index in [4.69, 9.17) is 0 Å². The van der Waals surface area contributed by atoms with Crippen molar-refractivity contribution in [2.24, 2.45) is 0 Å². The van der Waals surface area contributed by atoms with Crippen LogP contribution in [0.1, 0.15) is 46.5 Å². The van der Waals surface area contributed by atoms with Crippen LogP contribution in [0, 0.1) is 0 Å². The van der Waals surface area contributed by atoms with Crippen molar-refractivity contribution in [3.63, 3.8) is 0 Å². The minimum absolute atomic E-state index is 0.623. The van der Waals surface area contributed by atoms with Crippen molar-refractivity contribution in [3.05, 3.63) is 0 Å². The molecule has 3 heteroatoms. The summed E-state index contributed by atoms with van der Waals surface area (Å²) < 4.78 is 0. The molecule has 1 rings (SSSR count). The Kier molecular flexibility index (Phi) is 7.20. The van der Waals surface area contributed by atoms with Gasteiger partial charge >= 0.3 is 0 Å². The van der Waals surface area contributed by atoms with Gasteiger partial charge in [0, 0.05) is 24.7 Å². The van der Waals surface area contributed by atoms with Gasteiger partial charge in [-0.3, -0.25) is 4.90 Å². The number of piperidine rings is 1. The predicted octanol–water partition coefficient (Wildman–Crippen LogP) is 2.18. The molecule has 3 nitrogen and oxygen atoms in total. The van der Waals surface area contributed by atoms with Crippen LogP contribution in [0.25, 0.3) is 0 Å². The normalized spacial score (nSPS) is 25.3. The van der Waals surface area contributed by atoms with E-state index in [1.807, 2.05) is 0 Å². The Morgan fingerprint density at radius 1 is 1.39 bits per heavy atom. The molecule has 1 fully saturated rings. The maximum atomic E-state index is 3.69. The van der Waals surface area contributed by atoms with Crippen molar-refractivity contribution < 1.29 is 0 Å². The Balaban J connectivity index is 2.49. The lowest BCUT2D eigenvalue weighted by atomic mass is 9.99. The van der Waals surface area contributed by atoms with Crippen molar-refractivity contribution in [1.29, 1.82) is 0 Å². The summed E-state index contributed by atoms with van der Waals surface area (Å²) in [6.07, 6.45) is 5.14. The van der Waals surface area contributed by atoms with E-state index in [9.17, 15) is 0 Å². The largest absolute Gasteiger partial charge is 0.312 e. The fourth-order valence-electron chi connectivity index (χ4n) is 3.07. The van der Waals surface area contributed by atoms with E-state index in [1.54, 1.807) is 0 Å². The van der Waals surface area contributed by atoms with Crippen LogP contribution in [0.3, 0.4) is 0 Å². The number of rotatable bonds is 7. The summed E-state index contributed by atoms with van der Waals surface area (Å²) in [7, 11) is 4.56. The van der Waals surface area contributed by atoms with Crippen LogP contribution in [0.4, 0.5) is 0 Å². The summed E-state index contributed by atoms with van der Waals surface area (Å²) in [5.74, 6) is 0. The quantitative estimate of drug-likeness (QED) is 0.752. The van der Waals surface area contributed by atoms with E-state index in [0.717, 1.165) is 12.6 Å². The maximum absolute atomic E-state index is 3.69. The van der Waals surface area contributed by atoms with Gasteiger partial charge in [0.15, 0.2) is 0 Å². The second-order valence-corrected chi connectivity index (χ2v) is 5.93. The first-order valence-electron chi connectivity index (χ1n) is 7.74. The molecule has 108 valence electrons. The third-order valence-corrected chi connectivity index (χ3v) is 4.50. The van der Waals surface area contributed by atoms with Crippen LogP contribution in [0.15, 0.2) is 0 Å². The van der Waals surface area contributed by atoms with Crippen molar-refractivity contribution in [2.75, 3.05) is 33.7 Å².